The lowest BCUT2D eigenvalue weighted by Crippen LogP contribution is -2.59. The molecule has 55 heavy (non-hydrogen) atoms. The number of sulfonamides is 1. The van der Waals surface area contributed by atoms with E-state index in [2.05, 4.69) is 43.7 Å². The van der Waals surface area contributed by atoms with Crippen LogP contribution in [-0.2, 0) is 31.3 Å². The van der Waals surface area contributed by atoms with Crippen LogP contribution < -0.4 is 14.4 Å². The van der Waals surface area contributed by atoms with Crippen molar-refractivity contribution in [3.05, 3.63) is 70.3 Å². The van der Waals surface area contributed by atoms with Gasteiger partial charge in [-0.2, -0.15) is 0 Å². The van der Waals surface area contributed by atoms with Crippen LogP contribution in [0.5, 0.6) is 5.75 Å². The third-order valence-corrected chi connectivity index (χ3v) is 16.3. The minimum absolute atomic E-state index is 0.218. The minimum atomic E-state index is -3.96. The number of nitrogens with zero attached hydrogens (tertiary/aromatic N) is 3. The number of carbonyl (C=O) groups is 1. The zero-order valence-corrected chi connectivity index (χ0v) is 34.4. The Balaban J connectivity index is 1.15. The van der Waals surface area contributed by atoms with E-state index in [9.17, 15) is 13.2 Å². The van der Waals surface area contributed by atoms with Gasteiger partial charge in [-0.05, 0) is 118 Å². The average molecular weight is 795 g/mol. The van der Waals surface area contributed by atoms with Crippen LogP contribution in [0, 0.1) is 17.8 Å². The summed E-state index contributed by atoms with van der Waals surface area (Å²) >= 11 is 6.52. The van der Waals surface area contributed by atoms with Gasteiger partial charge in [0.1, 0.15) is 11.4 Å². The van der Waals surface area contributed by atoms with E-state index in [1.165, 1.54) is 11.1 Å². The molecule has 4 heterocycles. The number of hydrogen-bond donors (Lipinski definition) is 1. The number of anilines is 1. The molecule has 0 radical (unpaired) electrons. The van der Waals surface area contributed by atoms with Crippen molar-refractivity contribution in [1.82, 2.24) is 14.5 Å². The van der Waals surface area contributed by atoms with Gasteiger partial charge < -0.3 is 19.1 Å². The molecule has 0 unspecified atom stereocenters. The Labute approximate surface area is 332 Å². The Kier molecular flexibility index (Phi) is 11.3. The quantitative estimate of drug-likeness (QED) is 0.370. The number of piperazine rings is 1. The van der Waals surface area contributed by atoms with Crippen LogP contribution >= 0.6 is 11.6 Å². The SMILES string of the molecule is CO[C@@]1(CN2CCN(C3CCOCC3)CC2)/C=C/C[C@H](C)[C@@H](C)S(=O)(=O)NC(=O)c2ccc3c(c2)N(C[C@@H]2CC[C@H]21)C[C@@]1(CCCc2cc(Cl)ccc21)CO3. The molecule has 6 aliphatic rings. The third-order valence-electron chi connectivity index (χ3n) is 14.2. The van der Waals surface area contributed by atoms with Crippen LogP contribution in [0.25, 0.3) is 0 Å². The largest absolute Gasteiger partial charge is 0.490 e. The summed E-state index contributed by atoms with van der Waals surface area (Å²) in [5, 5.41) is -0.0275. The first-order chi connectivity index (χ1) is 26.5. The smallest absolute Gasteiger partial charge is 0.264 e. The van der Waals surface area contributed by atoms with Gasteiger partial charge in [0.2, 0.25) is 10.0 Å². The van der Waals surface area contributed by atoms with Crippen LogP contribution in [-0.4, -0.2) is 114 Å². The maximum absolute atomic E-state index is 13.7. The molecule has 2 bridgehead atoms. The van der Waals surface area contributed by atoms with E-state index in [1.807, 2.05) is 32.2 Å². The van der Waals surface area contributed by atoms with Crippen LogP contribution in [0.3, 0.4) is 0 Å². The minimum Gasteiger partial charge on any atom is -0.490 e. The van der Waals surface area contributed by atoms with E-state index in [0.717, 1.165) is 120 Å². The van der Waals surface area contributed by atoms with Crippen molar-refractivity contribution in [1.29, 1.82) is 0 Å². The Morgan fingerprint density at radius 2 is 1.82 bits per heavy atom. The van der Waals surface area contributed by atoms with Crippen molar-refractivity contribution in [2.45, 2.75) is 87.5 Å². The van der Waals surface area contributed by atoms with Gasteiger partial charge in [-0.1, -0.05) is 36.7 Å². The predicted molar refractivity (Wildman–Crippen MR) is 217 cm³/mol. The molecule has 8 rings (SSSR count). The first kappa shape index (κ1) is 39.2. The number of rotatable bonds is 4. The molecule has 1 spiro atoms. The highest BCUT2D eigenvalue weighted by Crippen LogP contribution is 2.49. The normalized spacial score (nSPS) is 34.0. The fourth-order valence-electron chi connectivity index (χ4n) is 10.5. The summed E-state index contributed by atoms with van der Waals surface area (Å²) in [7, 11) is -2.09. The molecule has 2 aromatic rings. The molecule has 300 valence electrons. The number of amides is 1. The summed E-state index contributed by atoms with van der Waals surface area (Å²) in [5.41, 5.74) is 2.91. The van der Waals surface area contributed by atoms with Gasteiger partial charge in [-0.15, -0.1) is 0 Å². The zero-order valence-electron chi connectivity index (χ0n) is 32.8. The number of carbonyl (C=O) groups excluding carboxylic acids is 1. The lowest BCUT2D eigenvalue weighted by molar-refractivity contribution is -0.0975. The van der Waals surface area contributed by atoms with Crippen molar-refractivity contribution in [3.63, 3.8) is 0 Å². The molecule has 1 N–H and O–H groups in total. The van der Waals surface area contributed by atoms with Gasteiger partial charge in [0.05, 0.1) is 17.5 Å². The maximum Gasteiger partial charge on any atom is 0.264 e. The number of methoxy groups -OCH3 is 1. The van der Waals surface area contributed by atoms with Gasteiger partial charge in [-0.25, -0.2) is 13.1 Å². The number of allylic oxidation sites excluding steroid dienone is 1. The van der Waals surface area contributed by atoms with E-state index in [0.29, 0.717) is 30.6 Å². The number of aryl methyl sites for hydroxylation is 1. The lowest BCUT2D eigenvalue weighted by Gasteiger charge is -2.52. The number of ether oxygens (including phenoxy) is 3. The second-order valence-corrected chi connectivity index (χ2v) is 19.8. The summed E-state index contributed by atoms with van der Waals surface area (Å²) in [5.74, 6) is 0.491. The Hall–Kier alpha value is -2.67. The molecular weight excluding hydrogens is 736 g/mol. The number of halogens is 1. The first-order valence-corrected chi connectivity index (χ1v) is 22.6. The molecular formula is C43H59ClN4O6S. The highest BCUT2D eigenvalue weighted by molar-refractivity contribution is 7.90. The standard InChI is InChI=1S/C43H59ClN4O6S/c1-30-6-4-17-43(52-3,28-46-18-20-47(21-19-46)36-14-22-53-23-15-36)38-11-8-34(38)26-48-27-42(16-5-7-32-24-35(44)10-12-37(32)42)29-54-40-13-9-33(25-39(40)48)41(49)45-55(50,51)31(30)2/h4,9-10,12-13,17,24-25,30-31,34,36,38H,5-8,11,14-16,18-23,26-29H2,1-3H3,(H,45,49)/b17-4+/t30-,31+,34-,38+,42-,43+/m0/s1. The van der Waals surface area contributed by atoms with Crippen LogP contribution in [0.2, 0.25) is 5.02 Å². The van der Waals surface area contributed by atoms with Gasteiger partial charge in [-0.3, -0.25) is 14.6 Å². The number of nitrogens with one attached hydrogen (secondary N) is 1. The number of benzene rings is 2. The molecule has 1 amide bonds. The summed E-state index contributed by atoms with van der Waals surface area (Å²) in [6.07, 6.45) is 12.3. The van der Waals surface area contributed by atoms with E-state index in [-0.39, 0.29) is 17.3 Å². The zero-order chi connectivity index (χ0) is 38.4. The van der Waals surface area contributed by atoms with Crippen molar-refractivity contribution in [3.8, 4) is 5.75 Å². The van der Waals surface area contributed by atoms with Crippen molar-refractivity contribution < 1.29 is 27.4 Å². The molecule has 12 heteroatoms. The summed E-state index contributed by atoms with van der Waals surface area (Å²) in [4.78, 5) is 21.4. The highest BCUT2D eigenvalue weighted by Gasteiger charge is 2.50. The van der Waals surface area contributed by atoms with E-state index < -0.39 is 26.8 Å². The van der Waals surface area contributed by atoms with Gasteiger partial charge in [0.15, 0.2) is 0 Å². The van der Waals surface area contributed by atoms with Crippen LogP contribution in [0.1, 0.15) is 80.3 Å². The van der Waals surface area contributed by atoms with Gasteiger partial charge >= 0.3 is 0 Å². The maximum atomic E-state index is 13.7. The summed E-state index contributed by atoms with van der Waals surface area (Å²) < 4.78 is 48.8. The van der Waals surface area contributed by atoms with E-state index in [1.54, 1.807) is 13.0 Å². The molecule has 6 atom stereocenters. The molecule has 2 aliphatic carbocycles. The van der Waals surface area contributed by atoms with Crippen LogP contribution in [0.4, 0.5) is 5.69 Å². The fraction of sp³-hybridized carbons (Fsp3) is 0.651. The van der Waals surface area contributed by atoms with Crippen molar-refractivity contribution >= 4 is 33.2 Å². The molecule has 0 aromatic heterocycles. The first-order valence-electron chi connectivity index (χ1n) is 20.6. The molecule has 10 nitrogen and oxygen atoms in total. The highest BCUT2D eigenvalue weighted by atomic mass is 35.5. The van der Waals surface area contributed by atoms with Crippen molar-refractivity contribution in [2.24, 2.45) is 17.8 Å². The third kappa shape index (κ3) is 7.83. The number of fused-ring (bicyclic) bond motifs is 4. The topological polar surface area (TPSA) is 101 Å². The molecule has 1 saturated carbocycles. The second-order valence-electron chi connectivity index (χ2n) is 17.3. The summed E-state index contributed by atoms with van der Waals surface area (Å²) in [6, 6.07) is 12.3. The molecule has 2 aromatic carbocycles. The van der Waals surface area contributed by atoms with E-state index >= 15 is 0 Å². The van der Waals surface area contributed by atoms with Gasteiger partial charge in [0.25, 0.3) is 5.91 Å². The monoisotopic (exact) mass is 794 g/mol. The fourth-order valence-corrected chi connectivity index (χ4v) is 12.0. The van der Waals surface area contributed by atoms with Crippen molar-refractivity contribution in [2.75, 3.05) is 77.6 Å². The van der Waals surface area contributed by atoms with Gasteiger partial charge in [0, 0.05) is 88.2 Å². The van der Waals surface area contributed by atoms with Crippen LogP contribution in [0.15, 0.2) is 48.6 Å². The Morgan fingerprint density at radius 1 is 1.02 bits per heavy atom. The Morgan fingerprint density at radius 3 is 2.56 bits per heavy atom. The molecule has 2 saturated heterocycles. The molecule has 4 aliphatic heterocycles. The second kappa shape index (κ2) is 15.9. The molecule has 3 fully saturated rings. The Bertz CT molecular complexity index is 1860. The average Bonchev–Trinajstić information content (AvgIpc) is 3.32. The summed E-state index contributed by atoms with van der Waals surface area (Å²) in [6.45, 7) is 12.2. The van der Waals surface area contributed by atoms with E-state index in [4.69, 9.17) is 25.8 Å². The predicted octanol–water partition coefficient (Wildman–Crippen LogP) is 6.07. The number of hydrogen-bond acceptors (Lipinski definition) is 9. The lowest BCUT2D eigenvalue weighted by atomic mass is 9.63.